The summed E-state index contributed by atoms with van der Waals surface area (Å²) in [4.78, 5) is 30.9. The molecule has 0 N–H and O–H groups in total. The zero-order chi connectivity index (χ0) is 21.8. The molecule has 0 aliphatic heterocycles. The number of benzene rings is 2. The van der Waals surface area contributed by atoms with Gasteiger partial charge in [0.1, 0.15) is 28.7 Å². The number of hydrogen-bond acceptors (Lipinski definition) is 6. The molecule has 0 bridgehead atoms. The Labute approximate surface area is 191 Å². The molecule has 0 saturated heterocycles. The summed E-state index contributed by atoms with van der Waals surface area (Å²) in [5, 5.41) is 0.456. The first-order chi connectivity index (χ1) is 15.0. The maximum absolute atomic E-state index is 13.0. The third-order valence-electron chi connectivity index (χ3n) is 4.70. The van der Waals surface area contributed by atoms with Crippen molar-refractivity contribution >= 4 is 43.5 Å². The molecular weight excluding hydrogens is 480 g/mol. The maximum Gasteiger partial charge on any atom is 0.348 e. The smallest absolute Gasteiger partial charge is 0.348 e. The van der Waals surface area contributed by atoms with Gasteiger partial charge in [0.05, 0.1) is 18.3 Å². The third-order valence-corrected chi connectivity index (χ3v) is 6.41. The van der Waals surface area contributed by atoms with Gasteiger partial charge in [-0.2, -0.15) is 0 Å². The lowest BCUT2D eigenvalue weighted by Crippen LogP contribution is -2.21. The highest BCUT2D eigenvalue weighted by Gasteiger charge is 2.20. The number of halogens is 1. The van der Waals surface area contributed by atoms with Gasteiger partial charge in [-0.15, -0.1) is 11.3 Å². The second-order valence-corrected chi connectivity index (χ2v) is 8.75. The van der Waals surface area contributed by atoms with Gasteiger partial charge in [0.2, 0.25) is 0 Å². The number of ether oxygens (including phenoxy) is 2. The zero-order valence-electron chi connectivity index (χ0n) is 16.7. The Morgan fingerprint density at radius 2 is 1.84 bits per heavy atom. The number of hydrogen-bond donors (Lipinski definition) is 0. The number of aromatic nitrogens is 2. The highest BCUT2D eigenvalue weighted by atomic mass is 79.9. The molecule has 158 valence electrons. The summed E-state index contributed by atoms with van der Waals surface area (Å²) in [6.45, 7) is 2.52. The Morgan fingerprint density at radius 1 is 1.10 bits per heavy atom. The second kappa shape index (κ2) is 9.45. The molecule has 31 heavy (non-hydrogen) atoms. The number of para-hydroxylation sites is 1. The SMILES string of the molecule is Cc1c(C(=O)OCCOc2ccccc2)sc2ncn(Cc3ccc(Br)cc3)c(=O)c12. The van der Waals surface area contributed by atoms with Crippen LogP contribution < -0.4 is 10.3 Å². The molecule has 6 nitrogen and oxygen atoms in total. The molecule has 0 saturated carbocycles. The minimum Gasteiger partial charge on any atom is -0.490 e. The summed E-state index contributed by atoms with van der Waals surface area (Å²) < 4.78 is 13.4. The van der Waals surface area contributed by atoms with Gasteiger partial charge < -0.3 is 9.47 Å². The summed E-state index contributed by atoms with van der Waals surface area (Å²) >= 11 is 4.58. The van der Waals surface area contributed by atoms with Crippen LogP contribution in [0.1, 0.15) is 20.8 Å². The fraction of sp³-hybridized carbons (Fsp3) is 0.174. The molecule has 0 aliphatic rings. The normalized spacial score (nSPS) is 10.9. The molecule has 0 unspecified atom stereocenters. The number of fused-ring (bicyclic) bond motifs is 1. The zero-order valence-corrected chi connectivity index (χ0v) is 19.1. The topological polar surface area (TPSA) is 70.4 Å². The Hall–Kier alpha value is -2.97. The van der Waals surface area contributed by atoms with Crippen molar-refractivity contribution in [1.82, 2.24) is 9.55 Å². The molecule has 0 spiro atoms. The van der Waals surface area contributed by atoms with Crippen molar-refractivity contribution in [3.05, 3.63) is 91.8 Å². The summed E-state index contributed by atoms with van der Waals surface area (Å²) in [5.74, 6) is 0.239. The van der Waals surface area contributed by atoms with E-state index in [9.17, 15) is 9.59 Å². The van der Waals surface area contributed by atoms with Crippen LogP contribution in [0.4, 0.5) is 0 Å². The fourth-order valence-electron chi connectivity index (χ4n) is 3.13. The van der Waals surface area contributed by atoms with Gasteiger partial charge in [-0.25, -0.2) is 9.78 Å². The molecule has 0 amide bonds. The molecule has 4 rings (SSSR count). The number of thiophene rings is 1. The molecule has 0 radical (unpaired) electrons. The highest BCUT2D eigenvalue weighted by molar-refractivity contribution is 9.10. The van der Waals surface area contributed by atoms with Gasteiger partial charge in [-0.1, -0.05) is 46.3 Å². The largest absolute Gasteiger partial charge is 0.490 e. The molecule has 2 aromatic heterocycles. The summed E-state index contributed by atoms with van der Waals surface area (Å²) in [6.07, 6.45) is 1.52. The fourth-order valence-corrected chi connectivity index (χ4v) is 4.43. The average Bonchev–Trinajstić information content (AvgIpc) is 3.12. The van der Waals surface area contributed by atoms with E-state index >= 15 is 0 Å². The first kappa shape index (κ1) is 21.3. The molecular formula is C23H19BrN2O4S. The van der Waals surface area contributed by atoms with E-state index in [0.717, 1.165) is 10.0 Å². The molecule has 8 heteroatoms. The predicted octanol–water partition coefficient (Wildman–Crippen LogP) is 4.81. The van der Waals surface area contributed by atoms with Gasteiger partial charge in [0.25, 0.3) is 5.56 Å². The minimum atomic E-state index is -0.476. The van der Waals surface area contributed by atoms with Crippen molar-refractivity contribution in [2.24, 2.45) is 0 Å². The number of carbonyl (C=O) groups is 1. The Kier molecular flexibility index (Phi) is 6.48. The Morgan fingerprint density at radius 3 is 2.58 bits per heavy atom. The van der Waals surface area contributed by atoms with Gasteiger partial charge in [0.15, 0.2) is 0 Å². The molecule has 2 aromatic carbocycles. The van der Waals surface area contributed by atoms with Crippen LogP contribution >= 0.6 is 27.3 Å². The average molecular weight is 499 g/mol. The van der Waals surface area contributed by atoms with Crippen LogP contribution in [0.2, 0.25) is 0 Å². The van der Waals surface area contributed by atoms with Crippen molar-refractivity contribution in [3.63, 3.8) is 0 Å². The quantitative estimate of drug-likeness (QED) is 0.270. The molecule has 2 heterocycles. The number of carbonyl (C=O) groups excluding carboxylic acids is 1. The van der Waals surface area contributed by atoms with Gasteiger partial charge in [-0.3, -0.25) is 9.36 Å². The van der Waals surface area contributed by atoms with Crippen LogP contribution in [0.5, 0.6) is 5.75 Å². The lowest BCUT2D eigenvalue weighted by molar-refractivity contribution is 0.0455. The second-order valence-electron chi connectivity index (χ2n) is 6.84. The molecule has 0 aliphatic carbocycles. The van der Waals surface area contributed by atoms with E-state index in [1.807, 2.05) is 54.6 Å². The monoisotopic (exact) mass is 498 g/mol. The molecule has 0 fully saturated rings. The van der Waals surface area contributed by atoms with E-state index in [2.05, 4.69) is 20.9 Å². The van der Waals surface area contributed by atoms with Crippen LogP contribution in [0, 0.1) is 6.92 Å². The predicted molar refractivity (Wildman–Crippen MR) is 124 cm³/mol. The van der Waals surface area contributed by atoms with Crippen molar-refractivity contribution < 1.29 is 14.3 Å². The van der Waals surface area contributed by atoms with E-state index in [4.69, 9.17) is 9.47 Å². The number of aryl methyl sites for hydroxylation is 1. The van der Waals surface area contributed by atoms with Crippen LogP contribution in [0.25, 0.3) is 10.2 Å². The van der Waals surface area contributed by atoms with Crippen molar-refractivity contribution in [3.8, 4) is 5.75 Å². The van der Waals surface area contributed by atoms with Crippen molar-refractivity contribution in [1.29, 1.82) is 0 Å². The maximum atomic E-state index is 13.0. The van der Waals surface area contributed by atoms with Crippen molar-refractivity contribution in [2.45, 2.75) is 13.5 Å². The lowest BCUT2D eigenvalue weighted by atomic mass is 10.2. The first-order valence-electron chi connectivity index (χ1n) is 9.61. The standard InChI is InChI=1S/C23H19BrN2O4S/c1-15-19-21(25-14-26(22(19)27)13-16-7-9-17(24)10-8-16)31-20(15)23(28)30-12-11-29-18-5-3-2-4-6-18/h2-10,14H,11-13H2,1H3. The number of rotatable bonds is 7. The summed E-state index contributed by atoms with van der Waals surface area (Å²) in [6, 6.07) is 17.1. The number of nitrogens with zero attached hydrogens (tertiary/aromatic N) is 2. The van der Waals surface area contributed by atoms with Gasteiger partial charge in [0, 0.05) is 4.47 Å². The van der Waals surface area contributed by atoms with Crippen LogP contribution in [0.3, 0.4) is 0 Å². The first-order valence-corrected chi connectivity index (χ1v) is 11.2. The Balaban J connectivity index is 1.48. The molecule has 4 aromatic rings. The molecule has 0 atom stereocenters. The van der Waals surface area contributed by atoms with E-state index in [0.29, 0.717) is 33.0 Å². The van der Waals surface area contributed by atoms with E-state index in [1.165, 1.54) is 17.7 Å². The van der Waals surface area contributed by atoms with E-state index in [-0.39, 0.29) is 18.8 Å². The van der Waals surface area contributed by atoms with E-state index < -0.39 is 5.97 Å². The van der Waals surface area contributed by atoms with Crippen molar-refractivity contribution in [2.75, 3.05) is 13.2 Å². The van der Waals surface area contributed by atoms with Gasteiger partial charge >= 0.3 is 5.97 Å². The number of esters is 1. The van der Waals surface area contributed by atoms with Crippen LogP contribution in [-0.2, 0) is 11.3 Å². The summed E-state index contributed by atoms with van der Waals surface area (Å²) in [5.41, 5.74) is 1.40. The highest BCUT2D eigenvalue weighted by Crippen LogP contribution is 2.27. The Bertz CT molecular complexity index is 1270. The van der Waals surface area contributed by atoms with Gasteiger partial charge in [-0.05, 0) is 42.3 Å². The van der Waals surface area contributed by atoms with Crippen LogP contribution in [0.15, 0.2) is 70.2 Å². The summed E-state index contributed by atoms with van der Waals surface area (Å²) in [7, 11) is 0. The third kappa shape index (κ3) is 4.86. The lowest BCUT2D eigenvalue weighted by Gasteiger charge is -2.07. The minimum absolute atomic E-state index is 0.114. The van der Waals surface area contributed by atoms with Crippen LogP contribution in [-0.4, -0.2) is 28.7 Å². The van der Waals surface area contributed by atoms with E-state index in [1.54, 1.807) is 11.5 Å².